The molecule has 2 aromatic heterocycles. The van der Waals surface area contributed by atoms with Crippen LogP contribution < -0.4 is 4.90 Å². The molecule has 2 spiro atoms. The van der Waals surface area contributed by atoms with E-state index in [0.717, 1.165) is 53.8 Å². The van der Waals surface area contributed by atoms with E-state index in [-0.39, 0.29) is 10.8 Å². The summed E-state index contributed by atoms with van der Waals surface area (Å²) >= 11 is 0. The fraction of sp³-hybridized carbons (Fsp3) is 0.267. The highest BCUT2D eigenvalue weighted by Crippen LogP contribution is 2.57. The lowest BCUT2D eigenvalue weighted by atomic mass is 9.80. The molecule has 0 saturated heterocycles. The third-order valence-corrected chi connectivity index (χ3v) is 13.0. The molecule has 0 N–H and O–H groups in total. The van der Waals surface area contributed by atoms with Gasteiger partial charge in [0.05, 0.1) is 16.6 Å². The lowest BCUT2D eigenvalue weighted by Gasteiger charge is -2.25. The summed E-state index contributed by atoms with van der Waals surface area (Å²) in [5.41, 5.74) is 13.5. The topological polar surface area (TPSA) is 24.7 Å². The smallest absolute Gasteiger partial charge is 0.169 e. The van der Waals surface area contributed by atoms with Crippen LogP contribution in [0, 0.1) is 10.8 Å². The Bertz CT molecular complexity index is 2320. The average molecular weight is 623 g/mol. The van der Waals surface area contributed by atoms with Crippen LogP contribution in [0.5, 0.6) is 0 Å². The van der Waals surface area contributed by atoms with Crippen LogP contribution in [0.4, 0.5) is 17.1 Å². The number of rotatable bonds is 3. The number of hydrogen-bond acceptors (Lipinski definition) is 2. The standard InChI is InChI=1S/C45H38N2O/c1-28-34-24-40-36(20-29(34)26-44(28)16-8-9-17-44)38-22-33(46(31-12-4-2-5-13-31)32-14-6-3-7-15-32)23-39-37-21-30-27-45(18-10-11-19-45)43(48)35(30)25-41(37)47(40)42(38)39/h2-7,12-15,20-25H,1,8-11,16-19,26-27H2. The Morgan fingerprint density at radius 1 is 0.562 bits per heavy atom. The zero-order valence-electron chi connectivity index (χ0n) is 27.3. The Balaban J connectivity index is 1.24. The number of benzene rings is 5. The summed E-state index contributed by atoms with van der Waals surface area (Å²) in [4.78, 5) is 16.5. The highest BCUT2D eigenvalue weighted by molar-refractivity contribution is 6.26. The predicted molar refractivity (Wildman–Crippen MR) is 198 cm³/mol. The quantitative estimate of drug-likeness (QED) is 0.196. The number of allylic oxidation sites excluding steroid dienone is 1. The summed E-state index contributed by atoms with van der Waals surface area (Å²) < 4.78 is 2.49. The van der Waals surface area contributed by atoms with Crippen molar-refractivity contribution in [2.24, 2.45) is 10.8 Å². The van der Waals surface area contributed by atoms with E-state index in [0.29, 0.717) is 5.78 Å². The maximum atomic E-state index is 14.1. The third-order valence-electron chi connectivity index (χ3n) is 13.0. The van der Waals surface area contributed by atoms with Crippen LogP contribution in [0.1, 0.15) is 78.4 Å². The summed E-state index contributed by atoms with van der Waals surface area (Å²) in [5.74, 6) is 0.388. The minimum Gasteiger partial charge on any atom is -0.310 e. The number of carbonyl (C=O) groups is 1. The van der Waals surface area contributed by atoms with Gasteiger partial charge in [0.1, 0.15) is 0 Å². The minimum absolute atomic E-state index is 0.179. The molecule has 48 heavy (non-hydrogen) atoms. The molecule has 7 aromatic rings. The Labute approximate surface area is 280 Å². The van der Waals surface area contributed by atoms with Gasteiger partial charge in [-0.15, -0.1) is 0 Å². The summed E-state index contributed by atoms with van der Waals surface area (Å²) in [7, 11) is 0. The molecule has 0 atom stereocenters. The van der Waals surface area contributed by atoms with Gasteiger partial charge in [-0.3, -0.25) is 4.79 Å². The Morgan fingerprint density at radius 2 is 1.06 bits per heavy atom. The van der Waals surface area contributed by atoms with Gasteiger partial charge in [-0.25, -0.2) is 0 Å². The van der Waals surface area contributed by atoms with Gasteiger partial charge < -0.3 is 9.30 Å². The van der Waals surface area contributed by atoms with Crippen molar-refractivity contribution in [2.45, 2.75) is 64.2 Å². The molecule has 4 aliphatic rings. The molecule has 0 unspecified atom stereocenters. The van der Waals surface area contributed by atoms with E-state index < -0.39 is 0 Å². The van der Waals surface area contributed by atoms with E-state index >= 15 is 0 Å². The second-order valence-corrected chi connectivity index (χ2v) is 15.4. The van der Waals surface area contributed by atoms with Crippen molar-refractivity contribution in [3.63, 3.8) is 0 Å². The maximum absolute atomic E-state index is 14.1. The largest absolute Gasteiger partial charge is 0.310 e. The molecule has 3 heteroatoms. The predicted octanol–water partition coefficient (Wildman–Crippen LogP) is 11.7. The maximum Gasteiger partial charge on any atom is 0.169 e. The van der Waals surface area contributed by atoms with Crippen molar-refractivity contribution in [3.05, 3.63) is 126 Å². The Kier molecular flexibility index (Phi) is 5.30. The normalized spacial score (nSPS) is 19.2. The van der Waals surface area contributed by atoms with E-state index in [2.05, 4.69) is 106 Å². The molecule has 3 nitrogen and oxygen atoms in total. The number of aromatic nitrogens is 1. The van der Waals surface area contributed by atoms with E-state index in [1.165, 1.54) is 93.4 Å². The van der Waals surface area contributed by atoms with Crippen LogP contribution in [0.25, 0.3) is 43.7 Å². The van der Waals surface area contributed by atoms with Gasteiger partial charge in [0, 0.05) is 49.6 Å². The Morgan fingerprint density at radius 3 is 1.65 bits per heavy atom. The zero-order valence-corrected chi connectivity index (χ0v) is 27.3. The Hall–Kier alpha value is -4.89. The first kappa shape index (κ1) is 27.1. The van der Waals surface area contributed by atoms with Crippen LogP contribution >= 0.6 is 0 Å². The number of anilines is 3. The molecule has 2 saturated carbocycles. The molecule has 11 rings (SSSR count). The fourth-order valence-corrected chi connectivity index (χ4v) is 10.7. The third kappa shape index (κ3) is 3.42. The number of fused-ring (bicyclic) bond motifs is 8. The minimum atomic E-state index is -0.179. The van der Waals surface area contributed by atoms with Gasteiger partial charge in [-0.1, -0.05) is 68.7 Å². The van der Waals surface area contributed by atoms with Gasteiger partial charge in [0.15, 0.2) is 5.78 Å². The van der Waals surface area contributed by atoms with Crippen LogP contribution in [-0.2, 0) is 12.8 Å². The highest BCUT2D eigenvalue weighted by Gasteiger charge is 2.47. The van der Waals surface area contributed by atoms with Crippen molar-refractivity contribution in [1.82, 2.24) is 4.40 Å². The number of Topliss-reactive ketones (excluding diaryl/α,β-unsaturated/α-hetero) is 1. The van der Waals surface area contributed by atoms with Gasteiger partial charge in [0.2, 0.25) is 0 Å². The molecule has 2 fully saturated rings. The number of hydrogen-bond donors (Lipinski definition) is 0. The zero-order chi connectivity index (χ0) is 31.8. The summed E-state index contributed by atoms with van der Waals surface area (Å²) in [5, 5.41) is 5.11. The molecule has 0 radical (unpaired) electrons. The lowest BCUT2D eigenvalue weighted by molar-refractivity contribution is 0.0827. The molecule has 4 aliphatic carbocycles. The van der Waals surface area contributed by atoms with Gasteiger partial charge in [-0.05, 0) is 127 Å². The van der Waals surface area contributed by atoms with Crippen molar-refractivity contribution < 1.29 is 4.79 Å². The number of para-hydroxylation sites is 2. The fourth-order valence-electron chi connectivity index (χ4n) is 10.7. The molecule has 2 heterocycles. The molecule has 0 aliphatic heterocycles. The van der Waals surface area contributed by atoms with Crippen molar-refractivity contribution in [1.29, 1.82) is 0 Å². The summed E-state index contributed by atoms with van der Waals surface area (Å²) in [6.45, 7) is 4.75. The lowest BCUT2D eigenvalue weighted by Crippen LogP contribution is -2.23. The van der Waals surface area contributed by atoms with E-state index in [4.69, 9.17) is 6.58 Å². The SMILES string of the molecule is C=C1c2cc3c(cc2CC12CCCC2)c1cc(N(c2ccccc2)c2ccccc2)cc2c4cc5c(cc4n3c12)C(=O)C1(CCCC1)C5. The van der Waals surface area contributed by atoms with Crippen molar-refractivity contribution in [2.75, 3.05) is 4.90 Å². The second-order valence-electron chi connectivity index (χ2n) is 15.4. The number of carbonyl (C=O) groups excluding carboxylic acids is 1. The average Bonchev–Trinajstić information content (AvgIpc) is 3.97. The van der Waals surface area contributed by atoms with Crippen LogP contribution in [0.2, 0.25) is 0 Å². The first-order valence-electron chi connectivity index (χ1n) is 18.0. The van der Waals surface area contributed by atoms with Crippen molar-refractivity contribution in [3.8, 4) is 0 Å². The van der Waals surface area contributed by atoms with Crippen LogP contribution in [0.3, 0.4) is 0 Å². The molecular weight excluding hydrogens is 585 g/mol. The molecule has 0 amide bonds. The summed E-state index contributed by atoms with van der Waals surface area (Å²) in [6.07, 6.45) is 11.5. The monoisotopic (exact) mass is 622 g/mol. The number of nitrogens with zero attached hydrogens (tertiary/aromatic N) is 2. The first-order valence-corrected chi connectivity index (χ1v) is 18.0. The first-order chi connectivity index (χ1) is 23.5. The van der Waals surface area contributed by atoms with Crippen LogP contribution in [0.15, 0.2) is 104 Å². The molecule has 0 bridgehead atoms. The van der Waals surface area contributed by atoms with Gasteiger partial charge in [-0.2, -0.15) is 0 Å². The van der Waals surface area contributed by atoms with E-state index in [1.54, 1.807) is 0 Å². The molecular formula is C45H38N2O. The van der Waals surface area contributed by atoms with Gasteiger partial charge in [0.25, 0.3) is 0 Å². The van der Waals surface area contributed by atoms with E-state index in [9.17, 15) is 4.79 Å². The van der Waals surface area contributed by atoms with Crippen molar-refractivity contribution >= 4 is 66.5 Å². The number of ketones is 1. The molecule has 5 aromatic carbocycles. The van der Waals surface area contributed by atoms with Gasteiger partial charge >= 0.3 is 0 Å². The van der Waals surface area contributed by atoms with E-state index in [1.807, 2.05) is 0 Å². The van der Waals surface area contributed by atoms with Crippen LogP contribution in [-0.4, -0.2) is 10.2 Å². The highest BCUT2D eigenvalue weighted by atomic mass is 16.1. The second kappa shape index (κ2) is 9.38. The molecule has 234 valence electrons. The summed E-state index contributed by atoms with van der Waals surface area (Å²) in [6, 6.07) is 35.9.